The minimum Gasteiger partial charge on any atom is -0.463 e. The molecule has 19 heavy (non-hydrogen) atoms. The molecule has 0 amide bonds. The Morgan fingerprint density at radius 3 is 3.05 bits per heavy atom. The number of benzene rings is 1. The van der Waals surface area contributed by atoms with Gasteiger partial charge in [0.25, 0.3) is 0 Å². The van der Waals surface area contributed by atoms with E-state index in [1.54, 1.807) is 6.07 Å². The van der Waals surface area contributed by atoms with E-state index in [0.29, 0.717) is 29.9 Å². The highest BCUT2D eigenvalue weighted by molar-refractivity contribution is 5.84. The Kier molecular flexibility index (Phi) is 3.25. The van der Waals surface area contributed by atoms with E-state index in [2.05, 4.69) is 6.92 Å². The van der Waals surface area contributed by atoms with Crippen molar-refractivity contribution in [1.82, 2.24) is 0 Å². The first-order chi connectivity index (χ1) is 9.29. The number of unbranched alkanes of at least 4 members (excludes halogenated alkanes) is 1. The summed E-state index contributed by atoms with van der Waals surface area (Å²) in [7, 11) is 0. The Morgan fingerprint density at radius 1 is 1.37 bits per heavy atom. The van der Waals surface area contributed by atoms with Crippen LogP contribution in [0.5, 0.6) is 5.75 Å². The Morgan fingerprint density at radius 2 is 2.21 bits per heavy atom. The molecule has 0 radical (unpaired) electrons. The molecule has 4 heteroatoms. The molecule has 4 nitrogen and oxygen atoms in total. The molecular formula is C15H16O4. The van der Waals surface area contributed by atoms with Crippen molar-refractivity contribution >= 4 is 11.0 Å². The van der Waals surface area contributed by atoms with Gasteiger partial charge >= 0.3 is 5.63 Å². The van der Waals surface area contributed by atoms with Crippen LogP contribution in [-0.4, -0.2) is 12.9 Å². The maximum Gasteiger partial charge on any atom is 0.343 e. The molecule has 0 bridgehead atoms. The summed E-state index contributed by atoms with van der Waals surface area (Å²) in [4.78, 5) is 11.9. The van der Waals surface area contributed by atoms with Crippen molar-refractivity contribution in [3.05, 3.63) is 40.2 Å². The van der Waals surface area contributed by atoms with Gasteiger partial charge in [0.05, 0.1) is 17.6 Å². The predicted octanol–water partition coefficient (Wildman–Crippen LogP) is 2.87. The quantitative estimate of drug-likeness (QED) is 0.626. The molecule has 2 heterocycles. The molecular weight excluding hydrogens is 244 g/mol. The van der Waals surface area contributed by atoms with Crippen LogP contribution in [0.1, 0.15) is 25.3 Å². The zero-order valence-electron chi connectivity index (χ0n) is 10.8. The maximum absolute atomic E-state index is 11.9. The summed E-state index contributed by atoms with van der Waals surface area (Å²) in [5.74, 6) is 0.619. The molecule has 1 aliphatic rings. The van der Waals surface area contributed by atoms with Crippen molar-refractivity contribution in [2.24, 2.45) is 0 Å². The lowest BCUT2D eigenvalue weighted by Crippen LogP contribution is -2.18. The lowest BCUT2D eigenvalue weighted by molar-refractivity contribution is -0.0658. The van der Waals surface area contributed by atoms with Crippen LogP contribution in [0.3, 0.4) is 0 Å². The van der Waals surface area contributed by atoms with Gasteiger partial charge in [0.1, 0.15) is 11.3 Å². The van der Waals surface area contributed by atoms with Crippen LogP contribution >= 0.6 is 0 Å². The molecule has 1 aromatic carbocycles. The van der Waals surface area contributed by atoms with Gasteiger partial charge < -0.3 is 13.9 Å². The number of hydrogen-bond acceptors (Lipinski definition) is 4. The summed E-state index contributed by atoms with van der Waals surface area (Å²) < 4.78 is 16.7. The number of rotatable bonds is 4. The van der Waals surface area contributed by atoms with Crippen molar-refractivity contribution < 1.29 is 13.9 Å². The molecule has 1 unspecified atom stereocenters. The minimum atomic E-state index is -0.366. The summed E-state index contributed by atoms with van der Waals surface area (Å²) in [5, 5.41) is 0.832. The third-order valence-electron chi connectivity index (χ3n) is 3.28. The topological polar surface area (TPSA) is 48.7 Å². The highest BCUT2D eigenvalue weighted by Crippen LogP contribution is 2.34. The van der Waals surface area contributed by atoms with Crippen LogP contribution in [0.4, 0.5) is 0 Å². The molecule has 0 fully saturated rings. The summed E-state index contributed by atoms with van der Waals surface area (Å²) >= 11 is 0. The van der Waals surface area contributed by atoms with Gasteiger partial charge in [-0.05, 0) is 18.6 Å². The lowest BCUT2D eigenvalue weighted by atomic mass is 10.1. The zero-order chi connectivity index (χ0) is 13.2. The lowest BCUT2D eigenvalue weighted by Gasteiger charge is -2.11. The van der Waals surface area contributed by atoms with Gasteiger partial charge in [-0.15, -0.1) is 0 Å². The van der Waals surface area contributed by atoms with Gasteiger partial charge in [-0.25, -0.2) is 4.79 Å². The maximum atomic E-state index is 11.9. The molecule has 0 aliphatic carbocycles. The highest BCUT2D eigenvalue weighted by atomic mass is 16.7. The van der Waals surface area contributed by atoms with Crippen LogP contribution < -0.4 is 10.4 Å². The second kappa shape index (κ2) is 5.05. The first kappa shape index (κ1) is 12.2. The minimum absolute atomic E-state index is 0.324. The van der Waals surface area contributed by atoms with E-state index in [-0.39, 0.29) is 11.9 Å². The van der Waals surface area contributed by atoms with Gasteiger partial charge in [-0.2, -0.15) is 0 Å². The molecule has 0 saturated heterocycles. The third-order valence-corrected chi connectivity index (χ3v) is 3.28. The number of ether oxygens (including phenoxy) is 2. The van der Waals surface area contributed by atoms with Gasteiger partial charge in [-0.1, -0.05) is 25.5 Å². The van der Waals surface area contributed by atoms with Crippen LogP contribution in [0.2, 0.25) is 0 Å². The normalized spacial score (nSPS) is 17.4. The van der Waals surface area contributed by atoms with Crippen LogP contribution in [0.15, 0.2) is 33.5 Å². The van der Waals surface area contributed by atoms with Gasteiger partial charge in [0, 0.05) is 6.42 Å². The van der Waals surface area contributed by atoms with Crippen molar-refractivity contribution in [3.63, 3.8) is 0 Å². The SMILES string of the molecule is CCCCOC1Cc2c(c3ccccc3oc2=O)O1. The van der Waals surface area contributed by atoms with Crippen molar-refractivity contribution in [2.45, 2.75) is 32.5 Å². The zero-order valence-corrected chi connectivity index (χ0v) is 10.8. The third kappa shape index (κ3) is 2.24. The highest BCUT2D eigenvalue weighted by Gasteiger charge is 2.29. The van der Waals surface area contributed by atoms with Crippen molar-refractivity contribution in [1.29, 1.82) is 0 Å². The fourth-order valence-electron chi connectivity index (χ4n) is 2.26. The second-order valence-corrected chi connectivity index (χ2v) is 4.67. The summed E-state index contributed by atoms with van der Waals surface area (Å²) in [6, 6.07) is 7.40. The molecule has 1 atom stereocenters. The first-order valence-corrected chi connectivity index (χ1v) is 6.62. The molecule has 1 aromatic heterocycles. The largest absolute Gasteiger partial charge is 0.463 e. The van der Waals surface area contributed by atoms with E-state index in [4.69, 9.17) is 13.9 Å². The van der Waals surface area contributed by atoms with Crippen LogP contribution in [-0.2, 0) is 11.2 Å². The van der Waals surface area contributed by atoms with Gasteiger partial charge in [0.2, 0.25) is 6.29 Å². The summed E-state index contributed by atoms with van der Waals surface area (Å²) in [6.07, 6.45) is 2.16. The average molecular weight is 260 g/mol. The monoisotopic (exact) mass is 260 g/mol. The molecule has 2 aromatic rings. The van der Waals surface area contributed by atoms with E-state index in [0.717, 1.165) is 18.2 Å². The Balaban J connectivity index is 1.91. The summed E-state index contributed by atoms with van der Waals surface area (Å²) in [5.41, 5.74) is 0.816. The van der Waals surface area contributed by atoms with E-state index in [1.165, 1.54) is 0 Å². The number of para-hydroxylation sites is 1. The molecule has 0 N–H and O–H groups in total. The molecule has 1 aliphatic heterocycles. The molecule has 100 valence electrons. The predicted molar refractivity (Wildman–Crippen MR) is 71.5 cm³/mol. The Labute approximate surface area is 110 Å². The van der Waals surface area contributed by atoms with Crippen molar-refractivity contribution in [2.75, 3.05) is 6.61 Å². The Hall–Kier alpha value is -1.81. The average Bonchev–Trinajstić information content (AvgIpc) is 2.84. The fraction of sp³-hybridized carbons (Fsp3) is 0.400. The second-order valence-electron chi connectivity index (χ2n) is 4.67. The van der Waals surface area contributed by atoms with E-state index in [1.807, 2.05) is 18.2 Å². The molecule has 0 saturated carbocycles. The van der Waals surface area contributed by atoms with Gasteiger partial charge in [0.15, 0.2) is 0 Å². The van der Waals surface area contributed by atoms with Crippen LogP contribution in [0.25, 0.3) is 11.0 Å². The summed E-state index contributed by atoms with van der Waals surface area (Å²) in [6.45, 7) is 2.76. The fourth-order valence-corrected chi connectivity index (χ4v) is 2.26. The number of fused-ring (bicyclic) bond motifs is 3. The van der Waals surface area contributed by atoms with E-state index < -0.39 is 0 Å². The first-order valence-electron chi connectivity index (χ1n) is 6.62. The molecule has 0 spiro atoms. The number of hydrogen-bond donors (Lipinski definition) is 0. The standard InChI is InChI=1S/C15H16O4/c1-2-3-8-17-13-9-11-14(19-13)10-6-4-5-7-12(10)18-15(11)16/h4-7,13H,2-3,8-9H2,1H3. The molecule has 3 rings (SSSR count). The smallest absolute Gasteiger partial charge is 0.343 e. The van der Waals surface area contributed by atoms with E-state index in [9.17, 15) is 4.79 Å². The van der Waals surface area contributed by atoms with Crippen molar-refractivity contribution in [3.8, 4) is 5.75 Å². The van der Waals surface area contributed by atoms with E-state index >= 15 is 0 Å². The van der Waals surface area contributed by atoms with Gasteiger partial charge in [-0.3, -0.25) is 0 Å². The van der Waals surface area contributed by atoms with Crippen LogP contribution in [0, 0.1) is 0 Å². The Bertz CT molecular complexity index is 644.